The van der Waals surface area contributed by atoms with Gasteiger partial charge in [-0.05, 0) is 30.7 Å². The normalized spacial score (nSPS) is 22.4. The second-order valence-electron chi connectivity index (χ2n) is 6.07. The van der Waals surface area contributed by atoms with Crippen molar-refractivity contribution in [3.8, 4) is 0 Å². The minimum Gasteiger partial charge on any atom is -0.341 e. The van der Waals surface area contributed by atoms with Crippen LogP contribution in [0.3, 0.4) is 0 Å². The number of carbonyl (C=O) groups excluding carboxylic acids is 2. The zero-order chi connectivity index (χ0) is 15.4. The van der Waals surface area contributed by atoms with Gasteiger partial charge in [0.1, 0.15) is 6.54 Å². The summed E-state index contributed by atoms with van der Waals surface area (Å²) in [7, 11) is 0. The first kappa shape index (κ1) is 14.9. The van der Waals surface area contributed by atoms with E-state index in [1.54, 1.807) is 4.90 Å². The van der Waals surface area contributed by atoms with Gasteiger partial charge in [-0.2, -0.15) is 0 Å². The number of hydrogen-bond acceptors (Lipinski definition) is 2. The molecule has 118 valence electrons. The second-order valence-corrected chi connectivity index (χ2v) is 6.07. The molecule has 2 fully saturated rings. The Morgan fingerprint density at radius 3 is 2.68 bits per heavy atom. The molecule has 1 atom stereocenters. The summed E-state index contributed by atoms with van der Waals surface area (Å²) in [5.74, 6) is 0.611. The number of hydrogen-bond donors (Lipinski definition) is 1. The van der Waals surface area contributed by atoms with Gasteiger partial charge >= 0.3 is 6.03 Å². The third-order valence-electron chi connectivity index (χ3n) is 4.62. The molecule has 1 aromatic rings. The number of urea groups is 1. The van der Waals surface area contributed by atoms with Gasteiger partial charge < -0.3 is 15.1 Å². The summed E-state index contributed by atoms with van der Waals surface area (Å²) in [6.07, 6.45) is 3.15. The molecule has 2 heterocycles. The quantitative estimate of drug-likeness (QED) is 0.925. The lowest BCUT2D eigenvalue weighted by atomic mass is 9.92. The van der Waals surface area contributed by atoms with E-state index >= 15 is 0 Å². The fourth-order valence-corrected chi connectivity index (χ4v) is 3.33. The van der Waals surface area contributed by atoms with Gasteiger partial charge in [-0.1, -0.05) is 30.3 Å². The van der Waals surface area contributed by atoms with Crippen LogP contribution in [0, 0.1) is 0 Å². The van der Waals surface area contributed by atoms with Crippen LogP contribution >= 0.6 is 0 Å². The number of amides is 3. The van der Waals surface area contributed by atoms with Crippen LogP contribution in [-0.2, 0) is 4.79 Å². The first-order valence-electron chi connectivity index (χ1n) is 8.09. The lowest BCUT2D eigenvalue weighted by Crippen LogP contribution is -2.42. The minimum absolute atomic E-state index is 0.0748. The van der Waals surface area contributed by atoms with Crippen molar-refractivity contribution in [1.82, 2.24) is 15.1 Å². The standard InChI is InChI=1S/C17H23N3O2/c21-16(13-20-12-9-18-17(20)22)19-10-4-7-15(8-11-19)14-5-2-1-3-6-14/h1-3,5-6,15H,4,7-13H2,(H,18,22)/t15-/m1/s1. The van der Waals surface area contributed by atoms with E-state index in [2.05, 4.69) is 29.6 Å². The smallest absolute Gasteiger partial charge is 0.317 e. The molecule has 0 unspecified atom stereocenters. The molecular formula is C17H23N3O2. The van der Waals surface area contributed by atoms with Gasteiger partial charge in [-0.3, -0.25) is 4.79 Å². The number of nitrogens with zero attached hydrogens (tertiary/aromatic N) is 2. The topological polar surface area (TPSA) is 52.7 Å². The average Bonchev–Trinajstić information content (AvgIpc) is 2.80. The molecular weight excluding hydrogens is 278 g/mol. The van der Waals surface area contributed by atoms with E-state index in [-0.39, 0.29) is 18.5 Å². The highest BCUT2D eigenvalue weighted by Crippen LogP contribution is 2.27. The molecule has 22 heavy (non-hydrogen) atoms. The Labute approximate surface area is 131 Å². The van der Waals surface area contributed by atoms with Crippen LogP contribution in [0.2, 0.25) is 0 Å². The summed E-state index contributed by atoms with van der Waals surface area (Å²) >= 11 is 0. The Bertz CT molecular complexity index is 532. The molecule has 5 heteroatoms. The van der Waals surface area contributed by atoms with Gasteiger partial charge in [0, 0.05) is 26.2 Å². The Kier molecular flexibility index (Phi) is 4.61. The summed E-state index contributed by atoms with van der Waals surface area (Å²) in [6.45, 7) is 3.07. The number of carbonyl (C=O) groups is 2. The zero-order valence-corrected chi connectivity index (χ0v) is 12.8. The molecule has 0 aromatic heterocycles. The van der Waals surface area contributed by atoms with E-state index in [1.807, 2.05) is 11.0 Å². The lowest BCUT2D eigenvalue weighted by Gasteiger charge is -2.23. The lowest BCUT2D eigenvalue weighted by molar-refractivity contribution is -0.131. The van der Waals surface area contributed by atoms with Gasteiger partial charge in [0.25, 0.3) is 0 Å². The van der Waals surface area contributed by atoms with Crippen LogP contribution in [0.4, 0.5) is 4.79 Å². The monoisotopic (exact) mass is 301 g/mol. The van der Waals surface area contributed by atoms with E-state index in [1.165, 1.54) is 5.56 Å². The van der Waals surface area contributed by atoms with Crippen LogP contribution in [-0.4, -0.2) is 54.5 Å². The van der Waals surface area contributed by atoms with Crippen molar-refractivity contribution in [2.45, 2.75) is 25.2 Å². The SMILES string of the molecule is O=C(CN1CCNC1=O)N1CCC[C@@H](c2ccccc2)CC1. The summed E-state index contributed by atoms with van der Waals surface area (Å²) < 4.78 is 0. The molecule has 3 amide bonds. The molecule has 0 saturated carbocycles. The van der Waals surface area contributed by atoms with Crippen molar-refractivity contribution in [3.05, 3.63) is 35.9 Å². The zero-order valence-electron chi connectivity index (χ0n) is 12.8. The van der Waals surface area contributed by atoms with Crippen molar-refractivity contribution >= 4 is 11.9 Å². The summed E-state index contributed by atoms with van der Waals surface area (Å²) in [6, 6.07) is 10.4. The summed E-state index contributed by atoms with van der Waals surface area (Å²) in [4.78, 5) is 27.5. The van der Waals surface area contributed by atoms with Crippen LogP contribution in [0.1, 0.15) is 30.7 Å². The Morgan fingerprint density at radius 1 is 1.14 bits per heavy atom. The van der Waals surface area contributed by atoms with Crippen LogP contribution in [0.25, 0.3) is 0 Å². The van der Waals surface area contributed by atoms with Gasteiger partial charge in [-0.25, -0.2) is 4.79 Å². The summed E-state index contributed by atoms with van der Waals surface area (Å²) in [5.41, 5.74) is 1.37. The fraction of sp³-hybridized carbons (Fsp3) is 0.529. The second kappa shape index (κ2) is 6.81. The maximum absolute atomic E-state index is 12.4. The molecule has 0 bridgehead atoms. The van der Waals surface area contributed by atoms with Crippen molar-refractivity contribution in [2.24, 2.45) is 0 Å². The van der Waals surface area contributed by atoms with Crippen molar-refractivity contribution in [2.75, 3.05) is 32.7 Å². The third-order valence-corrected chi connectivity index (χ3v) is 4.62. The first-order chi connectivity index (χ1) is 10.7. The van der Waals surface area contributed by atoms with Crippen LogP contribution < -0.4 is 5.32 Å². The van der Waals surface area contributed by atoms with Crippen molar-refractivity contribution in [1.29, 1.82) is 0 Å². The van der Waals surface area contributed by atoms with E-state index in [0.29, 0.717) is 19.0 Å². The molecule has 1 N–H and O–H groups in total. The van der Waals surface area contributed by atoms with E-state index < -0.39 is 0 Å². The predicted octanol–water partition coefficient (Wildman–Crippen LogP) is 1.81. The van der Waals surface area contributed by atoms with Crippen LogP contribution in [0.15, 0.2) is 30.3 Å². The Balaban J connectivity index is 1.56. The fourth-order valence-electron chi connectivity index (χ4n) is 3.33. The molecule has 1 aromatic carbocycles. The number of benzene rings is 1. The maximum atomic E-state index is 12.4. The molecule has 0 spiro atoms. The number of nitrogens with one attached hydrogen (secondary N) is 1. The first-order valence-corrected chi connectivity index (χ1v) is 8.09. The van der Waals surface area contributed by atoms with Crippen LogP contribution in [0.5, 0.6) is 0 Å². The van der Waals surface area contributed by atoms with E-state index in [9.17, 15) is 9.59 Å². The highest BCUT2D eigenvalue weighted by atomic mass is 16.2. The molecule has 3 rings (SSSR count). The van der Waals surface area contributed by atoms with Crippen molar-refractivity contribution in [3.63, 3.8) is 0 Å². The predicted molar refractivity (Wildman–Crippen MR) is 84.6 cm³/mol. The number of rotatable bonds is 3. The van der Waals surface area contributed by atoms with Gasteiger partial charge in [0.15, 0.2) is 0 Å². The van der Waals surface area contributed by atoms with Gasteiger partial charge in [0.05, 0.1) is 0 Å². The van der Waals surface area contributed by atoms with Gasteiger partial charge in [0.2, 0.25) is 5.91 Å². The Hall–Kier alpha value is -2.04. The Morgan fingerprint density at radius 2 is 1.95 bits per heavy atom. The molecule has 2 saturated heterocycles. The van der Waals surface area contributed by atoms with Crippen molar-refractivity contribution < 1.29 is 9.59 Å². The molecule has 2 aliphatic heterocycles. The minimum atomic E-state index is -0.120. The largest absolute Gasteiger partial charge is 0.341 e. The molecule has 2 aliphatic rings. The summed E-state index contributed by atoms with van der Waals surface area (Å²) in [5, 5.41) is 2.74. The third kappa shape index (κ3) is 3.40. The molecule has 5 nitrogen and oxygen atoms in total. The molecule has 0 aliphatic carbocycles. The van der Waals surface area contributed by atoms with E-state index in [0.717, 1.165) is 32.4 Å². The molecule has 0 radical (unpaired) electrons. The average molecular weight is 301 g/mol. The maximum Gasteiger partial charge on any atom is 0.317 e. The van der Waals surface area contributed by atoms with E-state index in [4.69, 9.17) is 0 Å². The highest BCUT2D eigenvalue weighted by Gasteiger charge is 2.26. The van der Waals surface area contributed by atoms with Gasteiger partial charge in [-0.15, -0.1) is 0 Å². The highest BCUT2D eigenvalue weighted by molar-refractivity contribution is 5.85. The number of likely N-dealkylation sites (tertiary alicyclic amines) is 1.